The van der Waals surface area contributed by atoms with Crippen LogP contribution in [0.2, 0.25) is 5.02 Å². The molecule has 1 nitrogen and oxygen atoms in total. The van der Waals surface area contributed by atoms with Crippen molar-refractivity contribution in [3.8, 4) is 5.69 Å². The third kappa shape index (κ3) is 1.35. The van der Waals surface area contributed by atoms with Crippen LogP contribution in [0.15, 0.2) is 28.9 Å². The van der Waals surface area contributed by atoms with Crippen molar-refractivity contribution >= 4 is 27.5 Å². The highest BCUT2D eigenvalue weighted by Gasteiger charge is 2.21. The van der Waals surface area contributed by atoms with Gasteiger partial charge in [0.15, 0.2) is 5.82 Å². The van der Waals surface area contributed by atoms with Gasteiger partial charge in [-0.3, -0.25) is 0 Å². The fraction of sp³-hybridized carbons (Fsp3) is 0.167. The van der Waals surface area contributed by atoms with Gasteiger partial charge in [0.25, 0.3) is 0 Å². The Bertz CT molecular complexity index is 577. The Labute approximate surface area is 106 Å². The summed E-state index contributed by atoms with van der Waals surface area (Å²) in [6, 6.07) is 5.82. The first kappa shape index (κ1) is 10.4. The topological polar surface area (TPSA) is 4.93 Å². The highest BCUT2D eigenvalue weighted by Crippen LogP contribution is 2.36. The van der Waals surface area contributed by atoms with Gasteiger partial charge in [0, 0.05) is 11.9 Å². The standard InChI is InChI=1S/C12H8BrClFN/c13-9-6-7-3-4-8-2-1-5-16(8)12(7)10(14)11(9)15/h1-2,5-6H,3-4H2. The van der Waals surface area contributed by atoms with Gasteiger partial charge in [-0.25, -0.2) is 4.39 Å². The molecule has 0 atom stereocenters. The molecule has 0 bridgehead atoms. The van der Waals surface area contributed by atoms with Crippen LogP contribution in [0.4, 0.5) is 4.39 Å². The van der Waals surface area contributed by atoms with Crippen LogP contribution in [0, 0.1) is 5.82 Å². The minimum atomic E-state index is -0.387. The second-order valence-corrected chi connectivity index (χ2v) is 5.10. The smallest absolute Gasteiger partial charge is 0.158 e. The van der Waals surface area contributed by atoms with Gasteiger partial charge in [0.1, 0.15) is 5.02 Å². The van der Waals surface area contributed by atoms with Crippen molar-refractivity contribution in [2.45, 2.75) is 12.8 Å². The Morgan fingerprint density at radius 2 is 2.19 bits per heavy atom. The van der Waals surface area contributed by atoms with Crippen molar-refractivity contribution in [1.29, 1.82) is 0 Å². The predicted molar refractivity (Wildman–Crippen MR) is 65.8 cm³/mol. The normalized spacial score (nSPS) is 13.4. The van der Waals surface area contributed by atoms with Gasteiger partial charge in [-0.1, -0.05) is 11.6 Å². The molecule has 0 aliphatic carbocycles. The molecule has 1 aliphatic heterocycles. The van der Waals surface area contributed by atoms with Crippen LogP contribution in [0.3, 0.4) is 0 Å². The third-order valence-corrected chi connectivity index (χ3v) is 3.86. The van der Waals surface area contributed by atoms with Crippen molar-refractivity contribution in [3.63, 3.8) is 0 Å². The lowest BCUT2D eigenvalue weighted by atomic mass is 10.0. The summed E-state index contributed by atoms with van der Waals surface area (Å²) in [4.78, 5) is 0. The van der Waals surface area contributed by atoms with E-state index in [-0.39, 0.29) is 10.8 Å². The second-order valence-electron chi connectivity index (χ2n) is 3.86. The van der Waals surface area contributed by atoms with Crippen molar-refractivity contribution in [3.05, 3.63) is 51.0 Å². The lowest BCUT2D eigenvalue weighted by molar-refractivity contribution is 0.617. The maximum atomic E-state index is 13.7. The Morgan fingerprint density at radius 3 is 3.00 bits per heavy atom. The number of nitrogens with zero attached hydrogens (tertiary/aromatic N) is 1. The molecule has 0 N–H and O–H groups in total. The van der Waals surface area contributed by atoms with Crippen molar-refractivity contribution in [2.24, 2.45) is 0 Å². The molecule has 1 aromatic heterocycles. The quantitative estimate of drug-likeness (QED) is 0.645. The molecule has 1 aromatic carbocycles. The van der Waals surface area contributed by atoms with E-state index in [9.17, 15) is 4.39 Å². The predicted octanol–water partition coefficient (Wildman–Crippen LogP) is 4.13. The number of rotatable bonds is 0. The number of aryl methyl sites for hydroxylation is 2. The van der Waals surface area contributed by atoms with Crippen LogP contribution in [0.25, 0.3) is 5.69 Å². The van der Waals surface area contributed by atoms with Crippen LogP contribution in [0.1, 0.15) is 11.3 Å². The summed E-state index contributed by atoms with van der Waals surface area (Å²) < 4.78 is 16.1. The molecule has 0 unspecified atom stereocenters. The highest BCUT2D eigenvalue weighted by molar-refractivity contribution is 9.10. The Morgan fingerprint density at radius 1 is 1.38 bits per heavy atom. The fourth-order valence-electron chi connectivity index (χ4n) is 2.19. The molecule has 82 valence electrons. The van der Waals surface area contributed by atoms with E-state index in [4.69, 9.17) is 11.6 Å². The average molecular weight is 301 g/mol. The summed E-state index contributed by atoms with van der Waals surface area (Å²) in [5.74, 6) is -0.387. The summed E-state index contributed by atoms with van der Waals surface area (Å²) in [6.07, 6.45) is 3.79. The molecule has 0 spiro atoms. The molecular weight excluding hydrogens is 292 g/mol. The minimum Gasteiger partial charge on any atom is -0.319 e. The van der Waals surface area contributed by atoms with E-state index < -0.39 is 0 Å². The minimum absolute atomic E-state index is 0.196. The number of halogens is 3. The molecule has 1 aliphatic rings. The van der Waals surface area contributed by atoms with Crippen LogP contribution < -0.4 is 0 Å². The van der Waals surface area contributed by atoms with Gasteiger partial charge in [-0.05, 0) is 52.5 Å². The largest absolute Gasteiger partial charge is 0.319 e. The summed E-state index contributed by atoms with van der Waals surface area (Å²) in [7, 11) is 0. The first-order chi connectivity index (χ1) is 7.68. The maximum Gasteiger partial charge on any atom is 0.158 e. The molecule has 0 saturated heterocycles. The van der Waals surface area contributed by atoms with Crippen LogP contribution in [0.5, 0.6) is 0 Å². The molecule has 3 rings (SSSR count). The van der Waals surface area contributed by atoms with Gasteiger partial charge >= 0.3 is 0 Å². The Kier molecular flexibility index (Phi) is 2.33. The molecule has 4 heteroatoms. The zero-order valence-corrected chi connectivity index (χ0v) is 10.6. The molecule has 2 aromatic rings. The zero-order valence-electron chi connectivity index (χ0n) is 8.30. The van der Waals surface area contributed by atoms with Gasteiger partial charge in [-0.15, -0.1) is 0 Å². The van der Waals surface area contributed by atoms with Crippen molar-refractivity contribution < 1.29 is 4.39 Å². The zero-order chi connectivity index (χ0) is 11.3. The van der Waals surface area contributed by atoms with Gasteiger partial charge in [0.05, 0.1) is 10.2 Å². The van der Waals surface area contributed by atoms with E-state index in [2.05, 4.69) is 15.9 Å². The summed E-state index contributed by atoms with van der Waals surface area (Å²) in [6.45, 7) is 0. The van der Waals surface area contributed by atoms with E-state index in [0.29, 0.717) is 4.47 Å². The number of hydrogen-bond donors (Lipinski definition) is 0. The Balaban J connectivity index is 2.36. The number of benzene rings is 1. The van der Waals surface area contributed by atoms with Gasteiger partial charge in [0.2, 0.25) is 0 Å². The Hall–Kier alpha value is -0.800. The molecule has 0 saturated carbocycles. The summed E-state index contributed by atoms with van der Waals surface area (Å²) in [5.41, 5.74) is 3.05. The molecule has 0 fully saturated rings. The van der Waals surface area contributed by atoms with E-state index in [1.54, 1.807) is 0 Å². The van der Waals surface area contributed by atoms with Crippen LogP contribution >= 0.6 is 27.5 Å². The highest BCUT2D eigenvalue weighted by atomic mass is 79.9. The summed E-state index contributed by atoms with van der Waals surface area (Å²) in [5, 5.41) is 0.196. The SMILES string of the molecule is Fc1c(Br)cc2c(c1Cl)-n1cccc1CC2. The summed E-state index contributed by atoms with van der Waals surface area (Å²) >= 11 is 9.26. The maximum absolute atomic E-state index is 13.7. The van der Waals surface area contributed by atoms with E-state index in [1.807, 2.05) is 29.0 Å². The fourth-order valence-corrected chi connectivity index (χ4v) is 3.09. The van der Waals surface area contributed by atoms with Crippen LogP contribution in [-0.4, -0.2) is 4.57 Å². The van der Waals surface area contributed by atoms with Gasteiger partial charge in [-0.2, -0.15) is 0 Å². The monoisotopic (exact) mass is 299 g/mol. The average Bonchev–Trinajstić information content (AvgIpc) is 2.73. The third-order valence-electron chi connectivity index (χ3n) is 2.94. The molecule has 2 heterocycles. The lowest BCUT2D eigenvalue weighted by Gasteiger charge is -2.21. The molecule has 16 heavy (non-hydrogen) atoms. The van der Waals surface area contributed by atoms with E-state index in [0.717, 1.165) is 24.1 Å². The molecule has 0 amide bonds. The lowest BCUT2D eigenvalue weighted by Crippen LogP contribution is -2.12. The van der Waals surface area contributed by atoms with E-state index in [1.165, 1.54) is 5.69 Å². The van der Waals surface area contributed by atoms with Crippen LogP contribution in [-0.2, 0) is 12.8 Å². The molecule has 0 radical (unpaired) electrons. The van der Waals surface area contributed by atoms with Crippen molar-refractivity contribution in [1.82, 2.24) is 4.57 Å². The first-order valence-corrected chi connectivity index (χ1v) is 6.18. The second kappa shape index (κ2) is 3.60. The van der Waals surface area contributed by atoms with E-state index >= 15 is 0 Å². The van der Waals surface area contributed by atoms with Gasteiger partial charge < -0.3 is 4.57 Å². The number of fused-ring (bicyclic) bond motifs is 3. The number of aromatic nitrogens is 1. The number of hydrogen-bond acceptors (Lipinski definition) is 0. The first-order valence-electron chi connectivity index (χ1n) is 5.01. The molecular formula is C12H8BrClFN. The van der Waals surface area contributed by atoms with Crippen molar-refractivity contribution in [2.75, 3.05) is 0 Å².